The average molecular weight is 276 g/mol. The molecule has 1 aliphatic rings. The van der Waals surface area contributed by atoms with E-state index in [1.165, 1.54) is 0 Å². The summed E-state index contributed by atoms with van der Waals surface area (Å²) in [5.74, 6) is 1.38. The number of anilines is 1. The van der Waals surface area contributed by atoms with Crippen LogP contribution in [0.25, 0.3) is 0 Å². The minimum Gasteiger partial charge on any atom is -0.491 e. The van der Waals surface area contributed by atoms with Crippen LogP contribution in [0.15, 0.2) is 18.2 Å². The van der Waals surface area contributed by atoms with Gasteiger partial charge < -0.3 is 15.4 Å². The summed E-state index contributed by atoms with van der Waals surface area (Å²) in [7, 11) is 0. The Hall–Kier alpha value is -1.55. The summed E-state index contributed by atoms with van der Waals surface area (Å²) in [6.45, 7) is 9.77. The van der Waals surface area contributed by atoms with Gasteiger partial charge in [-0.3, -0.25) is 4.79 Å². The number of ether oxygens (including phenoxy) is 1. The molecule has 110 valence electrons. The highest BCUT2D eigenvalue weighted by molar-refractivity contribution is 5.93. The number of hydrogen-bond acceptors (Lipinski definition) is 3. The van der Waals surface area contributed by atoms with Gasteiger partial charge in [-0.25, -0.2) is 0 Å². The standard InChI is InChI=1S/C16H24N2O2/c1-10(2)20-13-5-6-15(11(3)7-13)18-16(19)14-9-17-8-12(14)4/h5-7,10,12,14,17H,8-9H2,1-4H3,(H,18,19). The van der Waals surface area contributed by atoms with Crippen molar-refractivity contribution in [2.24, 2.45) is 11.8 Å². The fourth-order valence-corrected chi connectivity index (χ4v) is 2.51. The van der Waals surface area contributed by atoms with Gasteiger partial charge in [0.2, 0.25) is 5.91 Å². The van der Waals surface area contributed by atoms with Crippen molar-refractivity contribution in [1.82, 2.24) is 5.32 Å². The molecule has 2 N–H and O–H groups in total. The second-order valence-electron chi connectivity index (χ2n) is 5.87. The van der Waals surface area contributed by atoms with Gasteiger partial charge in [0.25, 0.3) is 0 Å². The Morgan fingerprint density at radius 2 is 2.15 bits per heavy atom. The molecule has 1 saturated heterocycles. The molecule has 1 fully saturated rings. The first-order valence-electron chi connectivity index (χ1n) is 7.26. The van der Waals surface area contributed by atoms with Gasteiger partial charge >= 0.3 is 0 Å². The molecule has 4 heteroatoms. The van der Waals surface area contributed by atoms with Gasteiger partial charge in [0.1, 0.15) is 5.75 Å². The number of benzene rings is 1. The summed E-state index contributed by atoms with van der Waals surface area (Å²) in [4.78, 5) is 12.3. The maximum atomic E-state index is 12.3. The number of carbonyl (C=O) groups excluding carboxylic acids is 1. The zero-order chi connectivity index (χ0) is 14.7. The van der Waals surface area contributed by atoms with Crippen LogP contribution in [0, 0.1) is 18.8 Å². The summed E-state index contributed by atoms with van der Waals surface area (Å²) in [6.07, 6.45) is 0.153. The van der Waals surface area contributed by atoms with Crippen LogP contribution in [-0.4, -0.2) is 25.1 Å². The van der Waals surface area contributed by atoms with Crippen molar-refractivity contribution >= 4 is 11.6 Å². The summed E-state index contributed by atoms with van der Waals surface area (Å²) in [5, 5.41) is 6.28. The molecule has 1 heterocycles. The molecule has 0 saturated carbocycles. The van der Waals surface area contributed by atoms with E-state index in [4.69, 9.17) is 4.74 Å². The maximum absolute atomic E-state index is 12.3. The van der Waals surface area contributed by atoms with E-state index in [-0.39, 0.29) is 17.9 Å². The number of amides is 1. The fraction of sp³-hybridized carbons (Fsp3) is 0.562. The highest BCUT2D eigenvalue weighted by Gasteiger charge is 2.29. The molecule has 0 bridgehead atoms. The van der Waals surface area contributed by atoms with Crippen LogP contribution in [-0.2, 0) is 4.79 Å². The number of nitrogens with one attached hydrogen (secondary N) is 2. The van der Waals surface area contributed by atoms with Crippen molar-refractivity contribution in [2.45, 2.75) is 33.8 Å². The van der Waals surface area contributed by atoms with Crippen LogP contribution in [0.2, 0.25) is 0 Å². The smallest absolute Gasteiger partial charge is 0.229 e. The molecular formula is C16H24N2O2. The number of hydrogen-bond donors (Lipinski definition) is 2. The Labute approximate surface area is 120 Å². The molecule has 2 atom stereocenters. The molecule has 20 heavy (non-hydrogen) atoms. The van der Waals surface area contributed by atoms with E-state index in [0.29, 0.717) is 5.92 Å². The molecule has 0 aromatic heterocycles. The van der Waals surface area contributed by atoms with Gasteiger partial charge in [0, 0.05) is 12.2 Å². The van der Waals surface area contributed by atoms with Gasteiger partial charge in [0.05, 0.1) is 12.0 Å². The van der Waals surface area contributed by atoms with E-state index < -0.39 is 0 Å². The van der Waals surface area contributed by atoms with Gasteiger partial charge in [-0.15, -0.1) is 0 Å². The van der Waals surface area contributed by atoms with Crippen molar-refractivity contribution in [1.29, 1.82) is 0 Å². The number of carbonyl (C=O) groups is 1. The lowest BCUT2D eigenvalue weighted by molar-refractivity contribution is -0.120. The van der Waals surface area contributed by atoms with E-state index in [1.807, 2.05) is 39.0 Å². The van der Waals surface area contributed by atoms with Crippen LogP contribution in [0.4, 0.5) is 5.69 Å². The largest absolute Gasteiger partial charge is 0.491 e. The van der Waals surface area contributed by atoms with Crippen LogP contribution < -0.4 is 15.4 Å². The summed E-state index contributed by atoms with van der Waals surface area (Å²) in [6, 6.07) is 5.78. The first kappa shape index (κ1) is 14.9. The normalized spacial score (nSPS) is 22.1. The lowest BCUT2D eigenvalue weighted by atomic mass is 9.97. The van der Waals surface area contributed by atoms with E-state index in [2.05, 4.69) is 17.6 Å². The SMILES string of the molecule is Cc1cc(OC(C)C)ccc1NC(=O)C1CNCC1C. The zero-order valence-corrected chi connectivity index (χ0v) is 12.7. The van der Waals surface area contributed by atoms with Crippen LogP contribution in [0.5, 0.6) is 5.75 Å². The summed E-state index contributed by atoms with van der Waals surface area (Å²) >= 11 is 0. The Kier molecular flexibility index (Phi) is 4.65. The minimum absolute atomic E-state index is 0.0565. The first-order valence-corrected chi connectivity index (χ1v) is 7.26. The Bertz CT molecular complexity index is 485. The van der Waals surface area contributed by atoms with Crippen molar-refractivity contribution in [3.63, 3.8) is 0 Å². The zero-order valence-electron chi connectivity index (χ0n) is 12.7. The molecule has 1 aromatic carbocycles. The fourth-order valence-electron chi connectivity index (χ4n) is 2.51. The van der Waals surface area contributed by atoms with E-state index in [0.717, 1.165) is 30.1 Å². The van der Waals surface area contributed by atoms with Gasteiger partial charge in [0.15, 0.2) is 0 Å². The predicted molar refractivity (Wildman–Crippen MR) is 81.1 cm³/mol. The second-order valence-corrected chi connectivity index (χ2v) is 5.87. The third kappa shape index (κ3) is 3.51. The van der Waals surface area contributed by atoms with E-state index in [1.54, 1.807) is 0 Å². The number of rotatable bonds is 4. The molecule has 1 aromatic rings. The van der Waals surface area contributed by atoms with Gasteiger partial charge in [-0.1, -0.05) is 6.92 Å². The lowest BCUT2D eigenvalue weighted by Crippen LogP contribution is -2.28. The topological polar surface area (TPSA) is 50.4 Å². The van der Waals surface area contributed by atoms with Crippen molar-refractivity contribution in [3.05, 3.63) is 23.8 Å². The molecule has 1 amide bonds. The molecule has 0 radical (unpaired) electrons. The van der Waals surface area contributed by atoms with Gasteiger partial charge in [-0.2, -0.15) is 0 Å². The third-order valence-corrected chi connectivity index (χ3v) is 3.68. The summed E-state index contributed by atoms with van der Waals surface area (Å²) in [5.41, 5.74) is 1.89. The third-order valence-electron chi connectivity index (χ3n) is 3.68. The highest BCUT2D eigenvalue weighted by Crippen LogP contribution is 2.24. The lowest BCUT2D eigenvalue weighted by Gasteiger charge is -2.17. The molecule has 1 aliphatic heterocycles. The minimum atomic E-state index is 0.0565. The van der Waals surface area contributed by atoms with Crippen LogP contribution >= 0.6 is 0 Å². The molecule has 4 nitrogen and oxygen atoms in total. The van der Waals surface area contributed by atoms with Crippen LogP contribution in [0.3, 0.4) is 0 Å². The maximum Gasteiger partial charge on any atom is 0.229 e. The Balaban J connectivity index is 2.04. The quantitative estimate of drug-likeness (QED) is 0.888. The molecular weight excluding hydrogens is 252 g/mol. The second kappa shape index (κ2) is 6.27. The Morgan fingerprint density at radius 3 is 2.70 bits per heavy atom. The van der Waals surface area contributed by atoms with E-state index in [9.17, 15) is 4.79 Å². The summed E-state index contributed by atoms with van der Waals surface area (Å²) < 4.78 is 5.65. The molecule has 2 unspecified atom stereocenters. The molecule has 0 spiro atoms. The average Bonchev–Trinajstić information content (AvgIpc) is 2.78. The monoisotopic (exact) mass is 276 g/mol. The van der Waals surface area contributed by atoms with Gasteiger partial charge in [-0.05, 0) is 57.0 Å². The molecule has 2 rings (SSSR count). The highest BCUT2D eigenvalue weighted by atomic mass is 16.5. The predicted octanol–water partition coefficient (Wildman–Crippen LogP) is 2.58. The van der Waals surface area contributed by atoms with Crippen molar-refractivity contribution < 1.29 is 9.53 Å². The number of aryl methyl sites for hydroxylation is 1. The molecule has 0 aliphatic carbocycles. The van der Waals surface area contributed by atoms with Crippen molar-refractivity contribution in [3.8, 4) is 5.75 Å². The Morgan fingerprint density at radius 1 is 1.40 bits per heavy atom. The van der Waals surface area contributed by atoms with E-state index >= 15 is 0 Å². The first-order chi connectivity index (χ1) is 9.47. The van der Waals surface area contributed by atoms with Crippen molar-refractivity contribution in [2.75, 3.05) is 18.4 Å². The van der Waals surface area contributed by atoms with Crippen LogP contribution in [0.1, 0.15) is 26.3 Å².